The Morgan fingerprint density at radius 2 is 0.806 bits per heavy atom. The highest BCUT2D eigenvalue weighted by Crippen LogP contribution is 2.19. The zero-order chi connectivity index (χ0) is 25.5. The molecule has 10 heteroatoms. The SMILES string of the molecule is Nc1ccc(OCCOCCOCCOCCOCCOCCOCCOc2ccccc2N)cc1. The van der Waals surface area contributed by atoms with E-state index in [0.717, 1.165) is 5.75 Å². The number of nitrogens with two attached hydrogens (primary N) is 2. The summed E-state index contributed by atoms with van der Waals surface area (Å²) in [5, 5.41) is 0. The third-order valence-corrected chi connectivity index (χ3v) is 4.64. The number of nitrogen functional groups attached to an aromatic ring is 2. The van der Waals surface area contributed by atoms with Gasteiger partial charge in [-0.1, -0.05) is 12.1 Å². The molecular formula is C26H40N2O8. The molecule has 0 saturated heterocycles. The lowest BCUT2D eigenvalue weighted by Gasteiger charge is -2.10. The number of para-hydroxylation sites is 2. The van der Waals surface area contributed by atoms with Gasteiger partial charge in [0.25, 0.3) is 0 Å². The molecule has 0 bridgehead atoms. The Hall–Kier alpha value is -2.60. The van der Waals surface area contributed by atoms with Crippen molar-refractivity contribution < 1.29 is 37.9 Å². The maximum absolute atomic E-state index is 5.80. The molecule has 0 unspecified atom stereocenters. The van der Waals surface area contributed by atoms with Gasteiger partial charge in [0, 0.05) is 5.69 Å². The fourth-order valence-electron chi connectivity index (χ4n) is 2.81. The maximum Gasteiger partial charge on any atom is 0.142 e. The van der Waals surface area contributed by atoms with E-state index in [9.17, 15) is 0 Å². The van der Waals surface area contributed by atoms with Gasteiger partial charge in [-0.2, -0.15) is 0 Å². The maximum atomic E-state index is 5.80. The second kappa shape index (κ2) is 20.6. The van der Waals surface area contributed by atoms with Crippen molar-refractivity contribution >= 4 is 11.4 Å². The lowest BCUT2D eigenvalue weighted by atomic mass is 10.3. The first-order valence-corrected chi connectivity index (χ1v) is 12.2. The molecule has 2 rings (SSSR count). The standard InChI is InChI=1S/C26H40N2O8/c27-23-5-7-24(8-6-23)35-21-19-33-17-15-31-13-11-29-9-10-30-12-14-32-16-18-34-20-22-36-26-4-2-1-3-25(26)28/h1-8H,9-22,27-28H2. The Morgan fingerprint density at radius 1 is 0.417 bits per heavy atom. The zero-order valence-corrected chi connectivity index (χ0v) is 20.9. The van der Waals surface area contributed by atoms with E-state index >= 15 is 0 Å². The van der Waals surface area contributed by atoms with Crippen molar-refractivity contribution in [2.24, 2.45) is 0 Å². The van der Waals surface area contributed by atoms with Crippen LogP contribution in [0.25, 0.3) is 0 Å². The molecule has 0 fully saturated rings. The Balaban J connectivity index is 1.21. The van der Waals surface area contributed by atoms with E-state index < -0.39 is 0 Å². The molecular weight excluding hydrogens is 468 g/mol. The predicted octanol–water partition coefficient (Wildman–Crippen LogP) is 2.41. The van der Waals surface area contributed by atoms with Crippen LogP contribution in [0.1, 0.15) is 0 Å². The Labute approximate surface area is 213 Å². The minimum absolute atomic E-state index is 0.442. The van der Waals surface area contributed by atoms with Crippen molar-refractivity contribution in [2.45, 2.75) is 0 Å². The molecule has 0 radical (unpaired) electrons. The van der Waals surface area contributed by atoms with Gasteiger partial charge in [0.05, 0.1) is 85.0 Å². The quantitative estimate of drug-likeness (QED) is 0.171. The van der Waals surface area contributed by atoms with Gasteiger partial charge in [-0.05, 0) is 36.4 Å². The van der Waals surface area contributed by atoms with E-state index in [4.69, 9.17) is 49.4 Å². The number of hydrogen-bond acceptors (Lipinski definition) is 10. The molecule has 0 aliphatic heterocycles. The lowest BCUT2D eigenvalue weighted by molar-refractivity contribution is -0.0187. The highest BCUT2D eigenvalue weighted by molar-refractivity contribution is 5.51. The van der Waals surface area contributed by atoms with E-state index in [0.29, 0.717) is 110 Å². The third-order valence-electron chi connectivity index (χ3n) is 4.64. The number of ether oxygens (including phenoxy) is 8. The van der Waals surface area contributed by atoms with Crippen LogP contribution < -0.4 is 20.9 Å². The molecule has 36 heavy (non-hydrogen) atoms. The molecule has 0 saturated carbocycles. The first kappa shape index (κ1) is 29.6. The van der Waals surface area contributed by atoms with Crippen LogP contribution in [0.2, 0.25) is 0 Å². The van der Waals surface area contributed by atoms with Gasteiger partial charge in [-0.3, -0.25) is 0 Å². The van der Waals surface area contributed by atoms with Crippen molar-refractivity contribution in [3.05, 3.63) is 48.5 Å². The average Bonchev–Trinajstić information content (AvgIpc) is 2.89. The fraction of sp³-hybridized carbons (Fsp3) is 0.538. The molecule has 0 spiro atoms. The average molecular weight is 509 g/mol. The Kier molecular flexibility index (Phi) is 16.9. The highest BCUT2D eigenvalue weighted by atomic mass is 16.6. The van der Waals surface area contributed by atoms with Gasteiger partial charge in [-0.15, -0.1) is 0 Å². The summed E-state index contributed by atoms with van der Waals surface area (Å²) in [6, 6.07) is 14.6. The van der Waals surface area contributed by atoms with Gasteiger partial charge in [0.2, 0.25) is 0 Å². The Morgan fingerprint density at radius 3 is 1.25 bits per heavy atom. The molecule has 2 aromatic carbocycles. The van der Waals surface area contributed by atoms with Crippen LogP contribution >= 0.6 is 0 Å². The van der Waals surface area contributed by atoms with Crippen LogP contribution in [0.5, 0.6) is 11.5 Å². The number of anilines is 2. The normalized spacial score (nSPS) is 11.0. The summed E-state index contributed by atoms with van der Waals surface area (Å²) >= 11 is 0. The molecule has 0 atom stereocenters. The Bertz CT molecular complexity index is 779. The summed E-state index contributed by atoms with van der Waals surface area (Å²) in [5.41, 5.74) is 12.8. The summed E-state index contributed by atoms with van der Waals surface area (Å²) in [4.78, 5) is 0. The first-order chi connectivity index (χ1) is 17.8. The number of rotatable bonds is 23. The van der Waals surface area contributed by atoms with Crippen molar-refractivity contribution in [3.63, 3.8) is 0 Å². The van der Waals surface area contributed by atoms with E-state index in [-0.39, 0.29) is 0 Å². The van der Waals surface area contributed by atoms with E-state index in [1.807, 2.05) is 30.3 Å². The number of hydrogen-bond donors (Lipinski definition) is 2. The summed E-state index contributed by atoms with van der Waals surface area (Å²) in [7, 11) is 0. The van der Waals surface area contributed by atoms with Gasteiger partial charge >= 0.3 is 0 Å². The minimum atomic E-state index is 0.442. The van der Waals surface area contributed by atoms with E-state index in [2.05, 4.69) is 0 Å². The summed E-state index contributed by atoms with van der Waals surface area (Å²) in [5.74, 6) is 1.44. The van der Waals surface area contributed by atoms with Crippen LogP contribution in [-0.4, -0.2) is 92.5 Å². The van der Waals surface area contributed by atoms with Gasteiger partial charge in [0.15, 0.2) is 0 Å². The largest absolute Gasteiger partial charge is 0.491 e. The zero-order valence-electron chi connectivity index (χ0n) is 20.9. The smallest absolute Gasteiger partial charge is 0.142 e. The summed E-state index contributed by atoms with van der Waals surface area (Å²) < 4.78 is 43.8. The molecule has 2 aromatic rings. The molecule has 0 aromatic heterocycles. The summed E-state index contributed by atoms with van der Waals surface area (Å²) in [6.45, 7) is 6.98. The molecule has 0 aliphatic rings. The van der Waals surface area contributed by atoms with Crippen LogP contribution in [-0.2, 0) is 28.4 Å². The second-order valence-electron chi connectivity index (χ2n) is 7.48. The third kappa shape index (κ3) is 15.4. The fourth-order valence-corrected chi connectivity index (χ4v) is 2.81. The molecule has 202 valence electrons. The van der Waals surface area contributed by atoms with Gasteiger partial charge in [-0.25, -0.2) is 0 Å². The van der Waals surface area contributed by atoms with E-state index in [1.54, 1.807) is 18.2 Å². The van der Waals surface area contributed by atoms with Crippen LogP contribution in [0.4, 0.5) is 11.4 Å². The molecule has 4 N–H and O–H groups in total. The van der Waals surface area contributed by atoms with Crippen LogP contribution in [0.3, 0.4) is 0 Å². The molecule has 0 heterocycles. The minimum Gasteiger partial charge on any atom is -0.491 e. The topological polar surface area (TPSA) is 126 Å². The van der Waals surface area contributed by atoms with Crippen molar-refractivity contribution in [1.82, 2.24) is 0 Å². The molecule has 10 nitrogen and oxygen atoms in total. The van der Waals surface area contributed by atoms with Crippen molar-refractivity contribution in [3.8, 4) is 11.5 Å². The van der Waals surface area contributed by atoms with E-state index in [1.165, 1.54) is 0 Å². The summed E-state index contributed by atoms with van der Waals surface area (Å²) in [6.07, 6.45) is 0. The molecule has 0 aliphatic carbocycles. The lowest BCUT2D eigenvalue weighted by Crippen LogP contribution is -2.15. The van der Waals surface area contributed by atoms with Gasteiger partial charge < -0.3 is 49.4 Å². The predicted molar refractivity (Wildman–Crippen MR) is 138 cm³/mol. The van der Waals surface area contributed by atoms with Crippen molar-refractivity contribution in [2.75, 3.05) is 104 Å². The monoisotopic (exact) mass is 508 g/mol. The highest BCUT2D eigenvalue weighted by Gasteiger charge is 1.99. The number of benzene rings is 2. The molecule has 0 amide bonds. The first-order valence-electron chi connectivity index (χ1n) is 12.2. The van der Waals surface area contributed by atoms with Crippen LogP contribution in [0, 0.1) is 0 Å². The van der Waals surface area contributed by atoms with Gasteiger partial charge in [0.1, 0.15) is 24.7 Å². The second-order valence-corrected chi connectivity index (χ2v) is 7.48. The van der Waals surface area contributed by atoms with Crippen molar-refractivity contribution in [1.29, 1.82) is 0 Å². The van der Waals surface area contributed by atoms with Crippen LogP contribution in [0.15, 0.2) is 48.5 Å².